The summed E-state index contributed by atoms with van der Waals surface area (Å²) in [6.45, 7) is 0.153. The Morgan fingerprint density at radius 1 is 1.07 bits per heavy atom. The maximum absolute atomic E-state index is 13.2. The molecule has 0 fully saturated rings. The highest BCUT2D eigenvalue weighted by Gasteiger charge is 2.19. The fraction of sp³-hybridized carbons (Fsp3) is 0.143. The van der Waals surface area contributed by atoms with Crippen LogP contribution in [0.5, 0.6) is 17.2 Å². The van der Waals surface area contributed by atoms with E-state index in [9.17, 15) is 4.79 Å². The van der Waals surface area contributed by atoms with Crippen molar-refractivity contribution in [1.29, 1.82) is 0 Å². The van der Waals surface area contributed by atoms with E-state index >= 15 is 0 Å². The summed E-state index contributed by atoms with van der Waals surface area (Å²) >= 11 is 7.18. The largest absolute Gasteiger partial charge is 0.497 e. The zero-order valence-corrected chi connectivity index (χ0v) is 17.2. The summed E-state index contributed by atoms with van der Waals surface area (Å²) in [6.07, 6.45) is 1.62. The van der Waals surface area contributed by atoms with Gasteiger partial charge in [-0.15, -0.1) is 11.3 Å². The molecule has 0 aliphatic rings. The molecule has 6 nitrogen and oxygen atoms in total. The van der Waals surface area contributed by atoms with Gasteiger partial charge in [-0.3, -0.25) is 4.79 Å². The Morgan fingerprint density at radius 2 is 1.79 bits per heavy atom. The number of ether oxygens (including phenoxy) is 3. The molecule has 0 N–H and O–H groups in total. The van der Waals surface area contributed by atoms with Crippen molar-refractivity contribution in [3.05, 3.63) is 68.2 Å². The Hall–Kier alpha value is -3.03. The Bertz CT molecular complexity index is 1220. The number of aromatic nitrogens is 1. The first-order chi connectivity index (χ1) is 14.1. The molecule has 0 aliphatic heterocycles. The zero-order valence-electron chi connectivity index (χ0n) is 15.6. The van der Waals surface area contributed by atoms with E-state index in [0.29, 0.717) is 38.3 Å². The maximum Gasteiger partial charge on any atom is 0.235 e. The zero-order chi connectivity index (χ0) is 20.4. The average Bonchev–Trinajstić information content (AvgIpc) is 3.17. The van der Waals surface area contributed by atoms with Gasteiger partial charge in [0.15, 0.2) is 10.2 Å². The van der Waals surface area contributed by atoms with Gasteiger partial charge in [0.1, 0.15) is 23.7 Å². The van der Waals surface area contributed by atoms with Crippen LogP contribution >= 0.6 is 22.9 Å². The van der Waals surface area contributed by atoms with Crippen LogP contribution in [0.1, 0.15) is 4.88 Å². The minimum absolute atomic E-state index is 0.123. The highest BCUT2D eigenvalue weighted by molar-refractivity contribution is 7.15. The van der Waals surface area contributed by atoms with Crippen molar-refractivity contribution in [3.8, 4) is 28.6 Å². The van der Waals surface area contributed by atoms with Crippen molar-refractivity contribution in [2.75, 3.05) is 14.2 Å². The molecular weight excluding hydrogens is 414 g/mol. The van der Waals surface area contributed by atoms with Crippen LogP contribution in [-0.4, -0.2) is 19.2 Å². The van der Waals surface area contributed by atoms with Crippen LogP contribution in [0.4, 0.5) is 0 Å². The van der Waals surface area contributed by atoms with Crippen molar-refractivity contribution >= 4 is 33.9 Å². The highest BCUT2D eigenvalue weighted by Crippen LogP contribution is 2.33. The van der Waals surface area contributed by atoms with Gasteiger partial charge in [0.05, 0.1) is 24.5 Å². The number of nitrogens with zero attached hydrogens (tertiary/aromatic N) is 1. The first-order valence-corrected chi connectivity index (χ1v) is 9.81. The van der Waals surface area contributed by atoms with E-state index in [0.717, 1.165) is 4.88 Å². The average molecular weight is 430 g/mol. The van der Waals surface area contributed by atoms with Crippen LogP contribution in [0.15, 0.2) is 57.9 Å². The van der Waals surface area contributed by atoms with Crippen LogP contribution in [0.2, 0.25) is 4.47 Å². The van der Waals surface area contributed by atoms with E-state index in [-0.39, 0.29) is 17.8 Å². The standard InChI is InChI=1S/C21H16ClNO5S/c1-25-13-5-3-12(4-6-13)19-20(27-11-15-10-23-21(22)29-15)18(24)16-8-7-14(26-2)9-17(16)28-19/h3-10H,11H2,1-2H3. The third kappa shape index (κ3) is 3.92. The number of thiazole rings is 1. The molecule has 2 aromatic carbocycles. The molecule has 4 aromatic rings. The molecule has 0 radical (unpaired) electrons. The predicted molar refractivity (Wildman–Crippen MR) is 112 cm³/mol. The minimum atomic E-state index is -0.268. The molecule has 2 heterocycles. The van der Waals surface area contributed by atoms with Crippen LogP contribution in [0, 0.1) is 0 Å². The first kappa shape index (κ1) is 19.3. The molecule has 29 heavy (non-hydrogen) atoms. The lowest BCUT2D eigenvalue weighted by molar-refractivity contribution is 0.301. The van der Waals surface area contributed by atoms with Gasteiger partial charge in [-0.2, -0.15) is 0 Å². The molecule has 4 rings (SSSR count). The van der Waals surface area contributed by atoms with Crippen molar-refractivity contribution in [3.63, 3.8) is 0 Å². The highest BCUT2D eigenvalue weighted by atomic mass is 35.5. The smallest absolute Gasteiger partial charge is 0.235 e. The van der Waals surface area contributed by atoms with Crippen molar-refractivity contribution < 1.29 is 18.6 Å². The van der Waals surface area contributed by atoms with Crippen LogP contribution in [-0.2, 0) is 6.61 Å². The molecule has 0 aliphatic carbocycles. The second-order valence-electron chi connectivity index (χ2n) is 6.05. The summed E-state index contributed by atoms with van der Waals surface area (Å²) in [7, 11) is 3.15. The number of rotatable bonds is 6. The molecule has 0 saturated heterocycles. The van der Waals surface area contributed by atoms with Crippen LogP contribution < -0.4 is 19.6 Å². The SMILES string of the molecule is COc1ccc(-c2oc3cc(OC)ccc3c(=O)c2OCc2cnc(Cl)s2)cc1. The number of hydrogen-bond acceptors (Lipinski definition) is 7. The number of halogens is 1. The van der Waals surface area contributed by atoms with Gasteiger partial charge in [-0.1, -0.05) is 11.6 Å². The maximum atomic E-state index is 13.2. The molecule has 0 bridgehead atoms. The van der Waals surface area contributed by atoms with E-state index in [4.69, 9.17) is 30.2 Å². The Labute approximate surface area is 175 Å². The van der Waals surface area contributed by atoms with Crippen molar-refractivity contribution in [2.24, 2.45) is 0 Å². The normalized spacial score (nSPS) is 10.9. The van der Waals surface area contributed by atoms with Crippen molar-refractivity contribution in [2.45, 2.75) is 6.61 Å². The Balaban J connectivity index is 1.85. The summed E-state index contributed by atoms with van der Waals surface area (Å²) in [5, 5.41) is 0.403. The number of benzene rings is 2. The van der Waals surface area contributed by atoms with Gasteiger partial charge in [0.2, 0.25) is 11.2 Å². The number of fused-ring (bicyclic) bond motifs is 1. The van der Waals surface area contributed by atoms with E-state index in [1.807, 2.05) is 0 Å². The van der Waals surface area contributed by atoms with Gasteiger partial charge in [-0.25, -0.2) is 4.98 Å². The summed E-state index contributed by atoms with van der Waals surface area (Å²) in [6, 6.07) is 12.2. The van der Waals surface area contributed by atoms with E-state index in [1.165, 1.54) is 11.3 Å². The Kier molecular flexibility index (Phi) is 5.42. The predicted octanol–water partition coefficient (Wildman–Crippen LogP) is 5.17. The number of methoxy groups -OCH3 is 2. The summed E-state index contributed by atoms with van der Waals surface area (Å²) in [5.74, 6) is 1.74. The van der Waals surface area contributed by atoms with E-state index in [1.54, 1.807) is 62.9 Å². The monoisotopic (exact) mass is 429 g/mol. The molecule has 0 saturated carbocycles. The molecule has 8 heteroatoms. The minimum Gasteiger partial charge on any atom is -0.497 e. The van der Waals surface area contributed by atoms with E-state index < -0.39 is 0 Å². The van der Waals surface area contributed by atoms with Gasteiger partial charge in [0.25, 0.3) is 0 Å². The molecule has 2 aromatic heterocycles. The lowest BCUT2D eigenvalue weighted by Crippen LogP contribution is -2.10. The van der Waals surface area contributed by atoms with E-state index in [2.05, 4.69) is 4.98 Å². The van der Waals surface area contributed by atoms with Gasteiger partial charge in [-0.05, 0) is 36.4 Å². The summed E-state index contributed by atoms with van der Waals surface area (Å²) in [4.78, 5) is 18.0. The Morgan fingerprint density at radius 3 is 2.45 bits per heavy atom. The number of hydrogen-bond donors (Lipinski definition) is 0. The van der Waals surface area contributed by atoms with Crippen LogP contribution in [0.25, 0.3) is 22.3 Å². The van der Waals surface area contributed by atoms with Gasteiger partial charge >= 0.3 is 0 Å². The molecule has 148 valence electrons. The fourth-order valence-electron chi connectivity index (χ4n) is 2.84. The topological polar surface area (TPSA) is 70.8 Å². The van der Waals surface area contributed by atoms with Crippen molar-refractivity contribution in [1.82, 2.24) is 4.98 Å². The second-order valence-corrected chi connectivity index (χ2v) is 7.75. The molecular formula is C21H16ClNO5S. The summed E-state index contributed by atoms with van der Waals surface area (Å²) in [5.41, 5.74) is 0.827. The molecule has 0 spiro atoms. The van der Waals surface area contributed by atoms with Gasteiger partial charge in [0, 0.05) is 17.8 Å². The van der Waals surface area contributed by atoms with Gasteiger partial charge < -0.3 is 18.6 Å². The molecule has 0 atom stereocenters. The second kappa shape index (κ2) is 8.14. The lowest BCUT2D eigenvalue weighted by Gasteiger charge is -2.12. The fourth-order valence-corrected chi connectivity index (χ4v) is 3.73. The third-order valence-corrected chi connectivity index (χ3v) is 5.38. The summed E-state index contributed by atoms with van der Waals surface area (Å²) < 4.78 is 22.8. The molecule has 0 amide bonds. The lowest BCUT2D eigenvalue weighted by atomic mass is 10.1. The first-order valence-electron chi connectivity index (χ1n) is 8.61. The van der Waals surface area contributed by atoms with Crippen LogP contribution in [0.3, 0.4) is 0 Å². The quantitative estimate of drug-likeness (QED) is 0.421. The molecule has 0 unspecified atom stereocenters. The third-order valence-electron chi connectivity index (χ3n) is 4.29.